The number of rotatable bonds is 6. The van der Waals surface area contributed by atoms with Gasteiger partial charge in [-0.2, -0.15) is 0 Å². The molecule has 0 saturated carbocycles. The zero-order chi connectivity index (χ0) is 12.8. The molecule has 0 atom stereocenters. The van der Waals surface area contributed by atoms with Gasteiger partial charge in [0.2, 0.25) is 0 Å². The summed E-state index contributed by atoms with van der Waals surface area (Å²) >= 11 is 0. The van der Waals surface area contributed by atoms with E-state index in [4.69, 9.17) is 4.42 Å². The maximum absolute atomic E-state index is 5.29. The van der Waals surface area contributed by atoms with Crippen molar-refractivity contribution in [2.24, 2.45) is 0 Å². The van der Waals surface area contributed by atoms with Crippen molar-refractivity contribution in [1.82, 2.24) is 5.32 Å². The van der Waals surface area contributed by atoms with Gasteiger partial charge >= 0.3 is 0 Å². The van der Waals surface area contributed by atoms with Crippen molar-refractivity contribution in [3.05, 3.63) is 60.1 Å². The summed E-state index contributed by atoms with van der Waals surface area (Å²) in [5.41, 5.74) is 1.60. The van der Waals surface area contributed by atoms with Gasteiger partial charge in [-0.15, -0.1) is 0 Å². The predicted octanol–water partition coefficient (Wildman–Crippen LogP) is 3.74. The highest BCUT2D eigenvalue weighted by atomic mass is 16.3. The summed E-state index contributed by atoms with van der Waals surface area (Å²) in [4.78, 5) is 0. The van der Waals surface area contributed by atoms with Crippen molar-refractivity contribution in [1.29, 1.82) is 0 Å². The number of furan rings is 1. The maximum atomic E-state index is 5.29. The van der Waals surface area contributed by atoms with Crippen LogP contribution in [-0.2, 0) is 12.0 Å². The number of benzene rings is 1. The third-order valence-electron chi connectivity index (χ3n) is 3.36. The van der Waals surface area contributed by atoms with E-state index in [9.17, 15) is 0 Å². The third kappa shape index (κ3) is 3.47. The molecule has 0 radical (unpaired) electrons. The van der Waals surface area contributed by atoms with Crippen LogP contribution < -0.4 is 5.32 Å². The standard InChI is InChI=1S/C16H21NO/c1-16(2,14-7-4-3-5-8-14)10-11-17-13-15-9-6-12-18-15/h3-9,12,17H,10-11,13H2,1-2H3. The molecule has 0 bridgehead atoms. The summed E-state index contributed by atoms with van der Waals surface area (Å²) in [6, 6.07) is 14.6. The topological polar surface area (TPSA) is 25.2 Å². The Bertz CT molecular complexity index is 445. The molecule has 2 aromatic rings. The Morgan fingerprint density at radius 1 is 1.06 bits per heavy atom. The second kappa shape index (κ2) is 5.87. The molecule has 96 valence electrons. The number of nitrogens with one attached hydrogen (secondary N) is 1. The fourth-order valence-electron chi connectivity index (χ4n) is 2.06. The minimum absolute atomic E-state index is 0.206. The predicted molar refractivity (Wildman–Crippen MR) is 74.5 cm³/mol. The van der Waals surface area contributed by atoms with Crippen molar-refractivity contribution >= 4 is 0 Å². The fraction of sp³-hybridized carbons (Fsp3) is 0.375. The Morgan fingerprint density at radius 3 is 2.50 bits per heavy atom. The lowest BCUT2D eigenvalue weighted by Crippen LogP contribution is -2.25. The van der Waals surface area contributed by atoms with E-state index in [-0.39, 0.29) is 5.41 Å². The highest BCUT2D eigenvalue weighted by molar-refractivity contribution is 5.23. The first kappa shape index (κ1) is 12.9. The molecular weight excluding hydrogens is 222 g/mol. The summed E-state index contributed by atoms with van der Waals surface area (Å²) < 4.78 is 5.29. The molecule has 0 aliphatic heterocycles. The summed E-state index contributed by atoms with van der Waals surface area (Å²) in [6.45, 7) is 6.37. The molecule has 0 saturated heterocycles. The van der Waals surface area contributed by atoms with Crippen LogP contribution in [0.25, 0.3) is 0 Å². The van der Waals surface area contributed by atoms with Crippen molar-refractivity contribution < 1.29 is 4.42 Å². The van der Waals surface area contributed by atoms with Gasteiger partial charge in [0, 0.05) is 0 Å². The average molecular weight is 243 g/mol. The van der Waals surface area contributed by atoms with Gasteiger partial charge in [-0.1, -0.05) is 44.2 Å². The van der Waals surface area contributed by atoms with Crippen molar-refractivity contribution in [3.8, 4) is 0 Å². The summed E-state index contributed by atoms with van der Waals surface area (Å²) in [6.07, 6.45) is 2.82. The van der Waals surface area contributed by atoms with Gasteiger partial charge < -0.3 is 9.73 Å². The van der Waals surface area contributed by atoms with Gasteiger partial charge in [0.25, 0.3) is 0 Å². The van der Waals surface area contributed by atoms with Crippen LogP contribution in [0.1, 0.15) is 31.6 Å². The molecule has 0 unspecified atom stereocenters. The lowest BCUT2D eigenvalue weighted by atomic mass is 9.81. The molecule has 1 N–H and O–H groups in total. The lowest BCUT2D eigenvalue weighted by molar-refractivity contribution is 0.434. The van der Waals surface area contributed by atoms with Crippen LogP contribution in [-0.4, -0.2) is 6.54 Å². The number of hydrogen-bond donors (Lipinski definition) is 1. The Labute approximate surface area is 109 Å². The molecule has 0 amide bonds. The maximum Gasteiger partial charge on any atom is 0.117 e. The summed E-state index contributed by atoms with van der Waals surface area (Å²) in [7, 11) is 0. The van der Waals surface area contributed by atoms with Crippen LogP contribution in [0.5, 0.6) is 0 Å². The van der Waals surface area contributed by atoms with Gasteiger partial charge in [-0.25, -0.2) is 0 Å². The molecule has 1 aromatic carbocycles. The lowest BCUT2D eigenvalue weighted by Gasteiger charge is -2.25. The zero-order valence-corrected chi connectivity index (χ0v) is 11.1. The Morgan fingerprint density at radius 2 is 1.83 bits per heavy atom. The quantitative estimate of drug-likeness (QED) is 0.782. The van der Waals surface area contributed by atoms with Gasteiger partial charge in [-0.05, 0) is 36.1 Å². The van der Waals surface area contributed by atoms with Gasteiger partial charge in [0.1, 0.15) is 5.76 Å². The molecule has 2 nitrogen and oxygen atoms in total. The van der Waals surface area contributed by atoms with Crippen LogP contribution >= 0.6 is 0 Å². The minimum atomic E-state index is 0.206. The fourth-order valence-corrected chi connectivity index (χ4v) is 2.06. The van der Waals surface area contributed by atoms with E-state index >= 15 is 0 Å². The van der Waals surface area contributed by atoms with Crippen LogP contribution in [0.15, 0.2) is 53.1 Å². The Balaban J connectivity index is 1.79. The number of hydrogen-bond acceptors (Lipinski definition) is 2. The second-order valence-electron chi connectivity index (χ2n) is 5.26. The van der Waals surface area contributed by atoms with E-state index in [0.717, 1.165) is 25.3 Å². The van der Waals surface area contributed by atoms with Crippen molar-refractivity contribution in [3.63, 3.8) is 0 Å². The molecule has 0 aliphatic rings. The van der Waals surface area contributed by atoms with Gasteiger partial charge in [-0.3, -0.25) is 0 Å². The van der Waals surface area contributed by atoms with Crippen LogP contribution in [0.2, 0.25) is 0 Å². The van der Waals surface area contributed by atoms with E-state index in [1.54, 1.807) is 6.26 Å². The first-order valence-electron chi connectivity index (χ1n) is 6.47. The van der Waals surface area contributed by atoms with E-state index in [1.165, 1.54) is 5.56 Å². The first-order valence-corrected chi connectivity index (χ1v) is 6.47. The molecular formula is C16H21NO. The smallest absolute Gasteiger partial charge is 0.117 e. The first-order chi connectivity index (χ1) is 8.68. The molecule has 0 spiro atoms. The van der Waals surface area contributed by atoms with Crippen molar-refractivity contribution in [2.75, 3.05) is 6.54 Å². The van der Waals surface area contributed by atoms with E-state index < -0.39 is 0 Å². The normalized spacial score (nSPS) is 11.7. The SMILES string of the molecule is CC(C)(CCNCc1ccco1)c1ccccc1. The highest BCUT2D eigenvalue weighted by Crippen LogP contribution is 2.25. The largest absolute Gasteiger partial charge is 0.468 e. The van der Waals surface area contributed by atoms with Gasteiger partial charge in [0.15, 0.2) is 0 Å². The second-order valence-corrected chi connectivity index (χ2v) is 5.26. The third-order valence-corrected chi connectivity index (χ3v) is 3.36. The minimum Gasteiger partial charge on any atom is -0.468 e. The van der Waals surface area contributed by atoms with E-state index in [0.29, 0.717) is 0 Å². The van der Waals surface area contributed by atoms with Gasteiger partial charge in [0.05, 0.1) is 12.8 Å². The van der Waals surface area contributed by atoms with Crippen LogP contribution in [0.4, 0.5) is 0 Å². The zero-order valence-electron chi connectivity index (χ0n) is 11.1. The molecule has 0 fully saturated rings. The Hall–Kier alpha value is -1.54. The average Bonchev–Trinajstić information content (AvgIpc) is 2.89. The molecule has 18 heavy (non-hydrogen) atoms. The van der Waals surface area contributed by atoms with Crippen molar-refractivity contribution in [2.45, 2.75) is 32.2 Å². The van der Waals surface area contributed by atoms with Crippen LogP contribution in [0.3, 0.4) is 0 Å². The molecule has 1 aromatic heterocycles. The van der Waals surface area contributed by atoms with E-state index in [1.807, 2.05) is 12.1 Å². The molecule has 2 heteroatoms. The molecule has 0 aliphatic carbocycles. The van der Waals surface area contributed by atoms with Crippen LogP contribution in [0, 0.1) is 0 Å². The summed E-state index contributed by atoms with van der Waals surface area (Å²) in [5.74, 6) is 0.993. The molecule has 2 rings (SSSR count). The van der Waals surface area contributed by atoms with E-state index in [2.05, 4.69) is 49.5 Å². The molecule has 1 heterocycles. The highest BCUT2D eigenvalue weighted by Gasteiger charge is 2.19. The monoisotopic (exact) mass is 243 g/mol. The Kier molecular flexibility index (Phi) is 4.21. The summed E-state index contributed by atoms with van der Waals surface area (Å²) in [5, 5.41) is 3.42.